The van der Waals surface area contributed by atoms with E-state index >= 15 is 0 Å². The predicted octanol–water partition coefficient (Wildman–Crippen LogP) is 2.36. The van der Waals surface area contributed by atoms with E-state index in [1.165, 1.54) is 12.1 Å². The van der Waals surface area contributed by atoms with Gasteiger partial charge in [-0.25, -0.2) is 4.39 Å². The minimum atomic E-state index is -0.614. The molecule has 3 nitrogen and oxygen atoms in total. The van der Waals surface area contributed by atoms with Gasteiger partial charge in [0, 0.05) is 0 Å². The number of anilines is 1. The van der Waals surface area contributed by atoms with Gasteiger partial charge >= 0.3 is 7.12 Å². The molecule has 1 fully saturated rings. The van der Waals surface area contributed by atoms with Crippen molar-refractivity contribution in [1.82, 2.24) is 0 Å². The fourth-order valence-electron chi connectivity index (χ4n) is 1.75. The van der Waals surface area contributed by atoms with Crippen LogP contribution < -0.4 is 11.2 Å². The van der Waals surface area contributed by atoms with E-state index in [2.05, 4.69) is 0 Å². The number of nitrogen functional groups attached to an aromatic ring is 1. The van der Waals surface area contributed by atoms with Crippen LogP contribution in [-0.4, -0.2) is 18.3 Å². The molecule has 2 N–H and O–H groups in total. The molecular formula is C12H16BClFNO2. The number of halogens is 2. The lowest BCUT2D eigenvalue weighted by Crippen LogP contribution is -2.41. The Morgan fingerprint density at radius 1 is 1.17 bits per heavy atom. The number of hydrogen-bond acceptors (Lipinski definition) is 3. The van der Waals surface area contributed by atoms with Gasteiger partial charge in [0.25, 0.3) is 0 Å². The van der Waals surface area contributed by atoms with E-state index in [0.29, 0.717) is 5.46 Å². The standard InChI is InChI=1S/C12H16BClFNO2/c1-11(2)12(3,4)18-13(17-11)7-5-8(14)10(15)9(16)6-7/h5-6H,16H2,1-4H3. The van der Waals surface area contributed by atoms with Crippen molar-refractivity contribution in [3.05, 3.63) is 23.0 Å². The van der Waals surface area contributed by atoms with Crippen molar-refractivity contribution >= 4 is 29.9 Å². The molecule has 2 rings (SSSR count). The Kier molecular flexibility index (Phi) is 3.12. The first-order valence-corrected chi connectivity index (χ1v) is 6.12. The summed E-state index contributed by atoms with van der Waals surface area (Å²) < 4.78 is 25.0. The van der Waals surface area contributed by atoms with Gasteiger partial charge in [-0.15, -0.1) is 0 Å². The van der Waals surface area contributed by atoms with E-state index in [-0.39, 0.29) is 10.7 Å². The molecule has 0 amide bonds. The van der Waals surface area contributed by atoms with Crippen LogP contribution in [0.2, 0.25) is 5.02 Å². The molecule has 1 aliphatic rings. The molecule has 1 aromatic carbocycles. The summed E-state index contributed by atoms with van der Waals surface area (Å²) in [5.74, 6) is -0.614. The molecule has 6 heteroatoms. The topological polar surface area (TPSA) is 44.5 Å². The molecule has 98 valence electrons. The van der Waals surface area contributed by atoms with Crippen molar-refractivity contribution in [3.63, 3.8) is 0 Å². The smallest absolute Gasteiger partial charge is 0.399 e. The third-order valence-corrected chi connectivity index (χ3v) is 3.88. The van der Waals surface area contributed by atoms with Gasteiger partial charge < -0.3 is 15.0 Å². The molecule has 1 aliphatic heterocycles. The summed E-state index contributed by atoms with van der Waals surface area (Å²) in [5, 5.41) is -0.0280. The van der Waals surface area contributed by atoms with Gasteiger partial charge in [-0.1, -0.05) is 11.6 Å². The molecule has 1 aromatic rings. The zero-order valence-corrected chi connectivity index (χ0v) is 11.6. The zero-order chi connectivity index (χ0) is 13.7. The number of rotatable bonds is 1. The summed E-state index contributed by atoms with van der Waals surface area (Å²) in [6, 6.07) is 2.97. The van der Waals surface area contributed by atoms with Crippen molar-refractivity contribution in [3.8, 4) is 0 Å². The van der Waals surface area contributed by atoms with Crippen molar-refractivity contribution in [2.75, 3.05) is 5.73 Å². The van der Waals surface area contributed by atoms with Gasteiger partial charge in [-0.2, -0.15) is 0 Å². The first kappa shape index (κ1) is 13.7. The van der Waals surface area contributed by atoms with Gasteiger partial charge in [0.2, 0.25) is 0 Å². The van der Waals surface area contributed by atoms with Crippen molar-refractivity contribution in [1.29, 1.82) is 0 Å². The molecule has 0 unspecified atom stereocenters. The molecule has 0 radical (unpaired) electrons. The van der Waals surface area contributed by atoms with Gasteiger partial charge in [-0.3, -0.25) is 0 Å². The van der Waals surface area contributed by atoms with Crippen molar-refractivity contribution in [2.24, 2.45) is 0 Å². The highest BCUT2D eigenvalue weighted by atomic mass is 35.5. The average molecular weight is 272 g/mol. The lowest BCUT2D eigenvalue weighted by Gasteiger charge is -2.32. The van der Waals surface area contributed by atoms with Crippen LogP contribution in [0.5, 0.6) is 0 Å². The third kappa shape index (κ3) is 2.11. The second-order valence-corrected chi connectivity index (χ2v) is 5.90. The quantitative estimate of drug-likeness (QED) is 0.630. The van der Waals surface area contributed by atoms with Crippen LogP contribution in [0.25, 0.3) is 0 Å². The van der Waals surface area contributed by atoms with E-state index in [1.807, 2.05) is 27.7 Å². The van der Waals surface area contributed by atoms with Crippen molar-refractivity contribution in [2.45, 2.75) is 38.9 Å². The van der Waals surface area contributed by atoms with Crippen LogP contribution in [0.15, 0.2) is 12.1 Å². The molecule has 0 bridgehead atoms. The highest BCUT2D eigenvalue weighted by molar-refractivity contribution is 6.62. The Bertz CT molecular complexity index is 454. The highest BCUT2D eigenvalue weighted by Crippen LogP contribution is 2.36. The monoisotopic (exact) mass is 271 g/mol. The van der Waals surface area contributed by atoms with E-state index < -0.39 is 24.1 Å². The first-order chi connectivity index (χ1) is 8.14. The van der Waals surface area contributed by atoms with Crippen LogP contribution >= 0.6 is 11.6 Å². The maximum Gasteiger partial charge on any atom is 0.494 e. The van der Waals surface area contributed by atoms with Gasteiger partial charge in [-0.05, 0) is 45.3 Å². The van der Waals surface area contributed by atoms with Crippen LogP contribution in [0, 0.1) is 5.82 Å². The third-order valence-electron chi connectivity index (χ3n) is 3.60. The van der Waals surface area contributed by atoms with E-state index in [1.54, 1.807) is 0 Å². The van der Waals surface area contributed by atoms with E-state index in [9.17, 15) is 4.39 Å². The molecule has 18 heavy (non-hydrogen) atoms. The summed E-state index contributed by atoms with van der Waals surface area (Å²) in [4.78, 5) is 0. The van der Waals surface area contributed by atoms with Crippen LogP contribution in [0.3, 0.4) is 0 Å². The summed E-state index contributed by atoms with van der Waals surface area (Å²) in [6.45, 7) is 7.78. The summed E-state index contributed by atoms with van der Waals surface area (Å²) in [7, 11) is -0.588. The second kappa shape index (κ2) is 4.12. The number of benzene rings is 1. The van der Waals surface area contributed by atoms with Crippen molar-refractivity contribution < 1.29 is 13.7 Å². The second-order valence-electron chi connectivity index (χ2n) is 5.49. The number of hydrogen-bond donors (Lipinski definition) is 1. The van der Waals surface area contributed by atoms with Crippen LogP contribution in [0.1, 0.15) is 27.7 Å². The minimum Gasteiger partial charge on any atom is -0.399 e. The summed E-state index contributed by atoms with van der Waals surface area (Å²) in [5.41, 5.74) is 5.27. The minimum absolute atomic E-state index is 0.00721. The molecule has 1 saturated heterocycles. The largest absolute Gasteiger partial charge is 0.494 e. The molecule has 0 aromatic heterocycles. The Labute approximate surface area is 112 Å². The molecule has 0 atom stereocenters. The molecule has 0 spiro atoms. The lowest BCUT2D eigenvalue weighted by atomic mass is 9.79. The van der Waals surface area contributed by atoms with E-state index in [0.717, 1.165) is 0 Å². The van der Waals surface area contributed by atoms with Gasteiger partial charge in [0.15, 0.2) is 5.82 Å². The Hall–Kier alpha value is -0.775. The van der Waals surface area contributed by atoms with Crippen LogP contribution in [0.4, 0.5) is 10.1 Å². The lowest BCUT2D eigenvalue weighted by molar-refractivity contribution is 0.00578. The molecule has 1 heterocycles. The van der Waals surface area contributed by atoms with E-state index in [4.69, 9.17) is 26.6 Å². The van der Waals surface area contributed by atoms with Gasteiger partial charge in [0.1, 0.15) is 0 Å². The highest BCUT2D eigenvalue weighted by Gasteiger charge is 2.51. The molecule has 0 aliphatic carbocycles. The normalized spacial score (nSPS) is 21.3. The Morgan fingerprint density at radius 3 is 2.11 bits per heavy atom. The average Bonchev–Trinajstić information content (AvgIpc) is 2.44. The number of nitrogens with two attached hydrogens (primary N) is 1. The molecule has 0 saturated carbocycles. The maximum absolute atomic E-state index is 13.4. The fourth-order valence-corrected chi connectivity index (χ4v) is 1.98. The Balaban J connectivity index is 2.36. The summed E-state index contributed by atoms with van der Waals surface area (Å²) >= 11 is 5.77. The zero-order valence-electron chi connectivity index (χ0n) is 10.9. The fraction of sp³-hybridized carbons (Fsp3) is 0.500. The SMILES string of the molecule is CC1(C)OB(c2cc(N)c(F)c(Cl)c2)OC1(C)C. The van der Waals surface area contributed by atoms with Gasteiger partial charge in [0.05, 0.1) is 21.9 Å². The first-order valence-electron chi connectivity index (χ1n) is 5.74. The molecular weight excluding hydrogens is 255 g/mol. The Morgan fingerprint density at radius 2 is 1.67 bits per heavy atom. The maximum atomic E-state index is 13.4. The predicted molar refractivity (Wildman–Crippen MR) is 71.5 cm³/mol. The van der Waals surface area contributed by atoms with Crippen LogP contribution in [-0.2, 0) is 9.31 Å². The summed E-state index contributed by atoms with van der Waals surface area (Å²) in [6.07, 6.45) is 0.